The number of aliphatic hydroxyl groups is 1. The summed E-state index contributed by atoms with van der Waals surface area (Å²) in [5.74, 6) is 0.833. The summed E-state index contributed by atoms with van der Waals surface area (Å²) in [6.07, 6.45) is 0.454. The van der Waals surface area contributed by atoms with E-state index in [9.17, 15) is 13.2 Å². The van der Waals surface area contributed by atoms with Crippen molar-refractivity contribution in [3.8, 4) is 0 Å². The minimum Gasteiger partial charge on any atom is -0.396 e. The molecule has 2 aromatic heterocycles. The van der Waals surface area contributed by atoms with Crippen LogP contribution >= 0.6 is 0 Å². The number of fused-ring (bicyclic) bond motifs is 1. The van der Waals surface area contributed by atoms with E-state index in [1.54, 1.807) is 0 Å². The van der Waals surface area contributed by atoms with E-state index in [1.165, 1.54) is 10.9 Å². The highest BCUT2D eigenvalue weighted by Gasteiger charge is 2.37. The first-order valence-electron chi connectivity index (χ1n) is 7.19. The second-order valence-electron chi connectivity index (χ2n) is 5.41. The number of alkyl halides is 3. The first-order chi connectivity index (χ1) is 10.5. The van der Waals surface area contributed by atoms with E-state index < -0.39 is 11.9 Å². The number of aromatic nitrogens is 3. The topological polar surface area (TPSA) is 64.1 Å². The van der Waals surface area contributed by atoms with Crippen molar-refractivity contribution in [2.45, 2.75) is 44.8 Å². The number of hydrogen-bond acceptors (Lipinski definition) is 4. The molecule has 0 saturated heterocycles. The van der Waals surface area contributed by atoms with E-state index in [2.05, 4.69) is 10.3 Å². The van der Waals surface area contributed by atoms with Gasteiger partial charge in [-0.3, -0.25) is 4.68 Å². The summed E-state index contributed by atoms with van der Waals surface area (Å²) in [5, 5.41) is 16.5. The lowest BCUT2D eigenvalue weighted by Gasteiger charge is -2.09. The van der Waals surface area contributed by atoms with Crippen LogP contribution in [0, 0.1) is 0 Å². The molecule has 0 spiro atoms. The summed E-state index contributed by atoms with van der Waals surface area (Å²) in [6.45, 7) is -0.207. The maximum Gasteiger partial charge on any atom is 0.435 e. The lowest BCUT2D eigenvalue weighted by atomic mass is 9.96. The molecule has 22 heavy (non-hydrogen) atoms. The van der Waals surface area contributed by atoms with Crippen molar-refractivity contribution in [3.05, 3.63) is 34.5 Å². The number of aliphatic hydroxyl groups excluding tert-OH is 1. The van der Waals surface area contributed by atoms with Gasteiger partial charge in [-0.25, -0.2) is 0 Å². The van der Waals surface area contributed by atoms with Crippen LogP contribution < -0.4 is 0 Å². The molecule has 0 amide bonds. The van der Waals surface area contributed by atoms with Crippen LogP contribution in [0.15, 0.2) is 10.7 Å². The van der Waals surface area contributed by atoms with Gasteiger partial charge in [-0.1, -0.05) is 5.16 Å². The molecule has 0 radical (unpaired) electrons. The van der Waals surface area contributed by atoms with E-state index in [1.807, 2.05) is 0 Å². The number of rotatable bonds is 4. The maximum absolute atomic E-state index is 12.9. The van der Waals surface area contributed by atoms with Gasteiger partial charge in [-0.15, -0.1) is 0 Å². The molecule has 0 bridgehead atoms. The van der Waals surface area contributed by atoms with Crippen molar-refractivity contribution in [1.29, 1.82) is 0 Å². The third-order valence-electron chi connectivity index (χ3n) is 3.83. The van der Waals surface area contributed by atoms with Gasteiger partial charge in [-0.2, -0.15) is 18.3 Å². The minimum atomic E-state index is -4.53. The van der Waals surface area contributed by atoms with Gasteiger partial charge in [0.2, 0.25) is 0 Å². The van der Waals surface area contributed by atoms with Crippen molar-refractivity contribution < 1.29 is 22.8 Å². The second kappa shape index (κ2) is 5.75. The Morgan fingerprint density at radius 2 is 2.05 bits per heavy atom. The van der Waals surface area contributed by atoms with Crippen molar-refractivity contribution in [3.63, 3.8) is 0 Å². The molecule has 1 N–H and O–H groups in total. The maximum atomic E-state index is 12.9. The summed E-state index contributed by atoms with van der Waals surface area (Å²) in [7, 11) is 0. The van der Waals surface area contributed by atoms with Crippen LogP contribution in [-0.4, -0.2) is 26.7 Å². The average molecular weight is 315 g/mol. The summed E-state index contributed by atoms with van der Waals surface area (Å²) in [5.41, 5.74) is 0.687. The number of nitrogens with zero attached hydrogens (tertiary/aromatic N) is 3. The molecule has 0 aliphatic heterocycles. The average Bonchev–Trinajstić information content (AvgIpc) is 3.04. The zero-order valence-electron chi connectivity index (χ0n) is 11.9. The van der Waals surface area contributed by atoms with Gasteiger partial charge in [0, 0.05) is 30.4 Å². The zero-order chi connectivity index (χ0) is 15.7. The van der Waals surface area contributed by atoms with E-state index in [4.69, 9.17) is 9.63 Å². The molecule has 0 fully saturated rings. The molecule has 3 rings (SSSR count). The Labute approximate surface area is 124 Å². The third kappa shape index (κ3) is 2.87. The molecule has 120 valence electrons. The zero-order valence-corrected chi connectivity index (χ0v) is 11.9. The molecule has 0 aromatic carbocycles. The third-order valence-corrected chi connectivity index (χ3v) is 3.83. The van der Waals surface area contributed by atoms with Gasteiger partial charge in [0.05, 0.1) is 6.54 Å². The number of halogens is 3. The molecule has 0 unspecified atom stereocenters. The molecule has 0 atom stereocenters. The molecular weight excluding hydrogens is 299 g/mol. The summed E-state index contributed by atoms with van der Waals surface area (Å²) < 4.78 is 45.3. The Bertz CT molecular complexity index is 661. The van der Waals surface area contributed by atoms with E-state index in [0.717, 1.165) is 37.0 Å². The summed E-state index contributed by atoms with van der Waals surface area (Å²) in [6, 6.07) is 0. The normalized spacial score (nSPS) is 15.1. The molecule has 1 aliphatic rings. The molecular formula is C14H16F3N3O2. The first-order valence-corrected chi connectivity index (χ1v) is 7.19. The van der Waals surface area contributed by atoms with Crippen LogP contribution in [0.3, 0.4) is 0 Å². The predicted octanol–water partition coefficient (Wildman–Crippen LogP) is 2.35. The lowest BCUT2D eigenvalue weighted by Crippen LogP contribution is -2.11. The Morgan fingerprint density at radius 1 is 1.27 bits per heavy atom. The van der Waals surface area contributed by atoms with Crippen LogP contribution in [0.25, 0.3) is 0 Å². The fourth-order valence-corrected chi connectivity index (χ4v) is 2.81. The van der Waals surface area contributed by atoms with Gasteiger partial charge in [0.15, 0.2) is 5.69 Å². The monoisotopic (exact) mass is 315 g/mol. The highest BCUT2D eigenvalue weighted by Crippen LogP contribution is 2.31. The van der Waals surface area contributed by atoms with E-state index in [0.29, 0.717) is 5.69 Å². The SMILES string of the molecule is OCCc1cn(Cc2noc3c2CCCC3)nc1C(F)(F)F. The quantitative estimate of drug-likeness (QED) is 0.940. The molecule has 1 aliphatic carbocycles. The minimum absolute atomic E-state index is 0.00707. The largest absolute Gasteiger partial charge is 0.435 e. The first kappa shape index (κ1) is 15.1. The fraction of sp³-hybridized carbons (Fsp3) is 0.571. The molecule has 2 aromatic rings. The van der Waals surface area contributed by atoms with Gasteiger partial charge in [0.25, 0.3) is 0 Å². The van der Waals surface area contributed by atoms with Crippen LogP contribution in [0.4, 0.5) is 13.2 Å². The van der Waals surface area contributed by atoms with Gasteiger partial charge in [-0.05, 0) is 25.7 Å². The summed E-state index contributed by atoms with van der Waals surface area (Å²) in [4.78, 5) is 0. The lowest BCUT2D eigenvalue weighted by molar-refractivity contribution is -0.142. The second-order valence-corrected chi connectivity index (χ2v) is 5.41. The molecule has 2 heterocycles. The van der Waals surface area contributed by atoms with Crippen LogP contribution in [0.2, 0.25) is 0 Å². The van der Waals surface area contributed by atoms with Crippen molar-refractivity contribution >= 4 is 0 Å². The highest BCUT2D eigenvalue weighted by atomic mass is 19.4. The number of hydrogen-bond donors (Lipinski definition) is 1. The van der Waals surface area contributed by atoms with E-state index in [-0.39, 0.29) is 25.1 Å². The number of aryl methyl sites for hydroxylation is 1. The van der Waals surface area contributed by atoms with Gasteiger partial charge < -0.3 is 9.63 Å². The van der Waals surface area contributed by atoms with Crippen LogP contribution in [0.1, 0.15) is 41.1 Å². The van der Waals surface area contributed by atoms with Gasteiger partial charge in [0.1, 0.15) is 11.5 Å². The Kier molecular flexibility index (Phi) is 3.94. The molecule has 8 heteroatoms. The van der Waals surface area contributed by atoms with Crippen molar-refractivity contribution in [1.82, 2.24) is 14.9 Å². The van der Waals surface area contributed by atoms with Crippen LogP contribution in [0.5, 0.6) is 0 Å². The Hall–Kier alpha value is -1.83. The van der Waals surface area contributed by atoms with E-state index >= 15 is 0 Å². The van der Waals surface area contributed by atoms with Crippen molar-refractivity contribution in [2.75, 3.05) is 6.61 Å². The summed E-state index contributed by atoms with van der Waals surface area (Å²) >= 11 is 0. The Morgan fingerprint density at radius 3 is 2.77 bits per heavy atom. The predicted molar refractivity (Wildman–Crippen MR) is 70.3 cm³/mol. The van der Waals surface area contributed by atoms with Gasteiger partial charge >= 0.3 is 6.18 Å². The van der Waals surface area contributed by atoms with Crippen LogP contribution in [-0.2, 0) is 32.0 Å². The molecule has 5 nitrogen and oxygen atoms in total. The standard InChI is InChI=1S/C14H16F3N3O2/c15-14(16,17)13-9(5-6-21)7-20(18-13)8-11-10-3-1-2-4-12(10)22-19-11/h7,21H,1-6,8H2. The molecule has 0 saturated carbocycles. The Balaban J connectivity index is 1.88. The smallest absolute Gasteiger partial charge is 0.396 e. The highest BCUT2D eigenvalue weighted by molar-refractivity contribution is 5.26. The van der Waals surface area contributed by atoms with Crippen molar-refractivity contribution in [2.24, 2.45) is 0 Å². The fourth-order valence-electron chi connectivity index (χ4n) is 2.81.